The zero-order chi connectivity index (χ0) is 17.9. The SMILES string of the molecule is Cc1ccccc1NC(=O)CN1CCC(c2c[nH]c3ccccc23)CC1. The monoisotopic (exact) mass is 347 g/mol. The van der Waals surface area contributed by atoms with Gasteiger partial charge in [0.15, 0.2) is 0 Å². The first-order valence-electron chi connectivity index (χ1n) is 9.34. The molecule has 0 aliphatic carbocycles. The molecule has 134 valence electrons. The Kier molecular flexibility index (Phi) is 4.76. The summed E-state index contributed by atoms with van der Waals surface area (Å²) < 4.78 is 0. The lowest BCUT2D eigenvalue weighted by molar-refractivity contribution is -0.117. The molecule has 0 atom stereocenters. The van der Waals surface area contributed by atoms with Gasteiger partial charge in [0, 0.05) is 22.8 Å². The predicted octanol–water partition coefficient (Wildman–Crippen LogP) is 4.29. The smallest absolute Gasteiger partial charge is 0.238 e. The zero-order valence-corrected chi connectivity index (χ0v) is 15.2. The summed E-state index contributed by atoms with van der Waals surface area (Å²) in [6.07, 6.45) is 4.36. The number of benzene rings is 2. The molecule has 1 amide bonds. The van der Waals surface area contributed by atoms with Gasteiger partial charge in [0.1, 0.15) is 0 Å². The summed E-state index contributed by atoms with van der Waals surface area (Å²) in [6.45, 7) is 4.41. The Hall–Kier alpha value is -2.59. The summed E-state index contributed by atoms with van der Waals surface area (Å²) in [5, 5.41) is 4.37. The number of H-pyrrole nitrogens is 1. The van der Waals surface area contributed by atoms with Crippen molar-refractivity contribution in [3.63, 3.8) is 0 Å². The molecule has 1 fully saturated rings. The van der Waals surface area contributed by atoms with Gasteiger partial charge in [0.25, 0.3) is 0 Å². The van der Waals surface area contributed by atoms with Crippen molar-refractivity contribution in [3.8, 4) is 0 Å². The highest BCUT2D eigenvalue weighted by atomic mass is 16.2. The first-order chi connectivity index (χ1) is 12.7. The maximum Gasteiger partial charge on any atom is 0.238 e. The number of carbonyl (C=O) groups is 1. The second kappa shape index (κ2) is 7.34. The largest absolute Gasteiger partial charge is 0.361 e. The van der Waals surface area contributed by atoms with E-state index in [1.54, 1.807) is 0 Å². The van der Waals surface area contributed by atoms with Crippen LogP contribution < -0.4 is 5.32 Å². The van der Waals surface area contributed by atoms with Crippen LogP contribution in [0.3, 0.4) is 0 Å². The Labute approximate surface area is 154 Å². The van der Waals surface area contributed by atoms with Crippen LogP contribution in [0, 0.1) is 6.92 Å². The number of nitrogens with one attached hydrogen (secondary N) is 2. The maximum absolute atomic E-state index is 12.4. The predicted molar refractivity (Wildman–Crippen MR) is 107 cm³/mol. The van der Waals surface area contributed by atoms with Crippen molar-refractivity contribution in [2.45, 2.75) is 25.7 Å². The molecule has 2 aromatic carbocycles. The fraction of sp³-hybridized carbons (Fsp3) is 0.318. The Morgan fingerprint density at radius 1 is 1.12 bits per heavy atom. The molecule has 1 saturated heterocycles. The number of hydrogen-bond donors (Lipinski definition) is 2. The lowest BCUT2D eigenvalue weighted by Gasteiger charge is -2.31. The third kappa shape index (κ3) is 3.51. The number of piperidine rings is 1. The van der Waals surface area contributed by atoms with Gasteiger partial charge in [-0.2, -0.15) is 0 Å². The van der Waals surface area contributed by atoms with E-state index in [1.807, 2.05) is 31.2 Å². The van der Waals surface area contributed by atoms with E-state index in [-0.39, 0.29) is 5.91 Å². The molecular weight excluding hydrogens is 322 g/mol. The Balaban J connectivity index is 1.34. The standard InChI is InChI=1S/C22H25N3O/c1-16-6-2-4-8-20(16)24-22(26)15-25-12-10-17(11-13-25)19-14-23-21-9-5-3-7-18(19)21/h2-9,14,17,23H,10-13,15H2,1H3,(H,24,26). The second-order valence-corrected chi connectivity index (χ2v) is 7.20. The highest BCUT2D eigenvalue weighted by molar-refractivity contribution is 5.93. The Morgan fingerprint density at radius 2 is 1.85 bits per heavy atom. The zero-order valence-electron chi connectivity index (χ0n) is 15.2. The Morgan fingerprint density at radius 3 is 2.65 bits per heavy atom. The first-order valence-corrected chi connectivity index (χ1v) is 9.34. The van der Waals surface area contributed by atoms with Gasteiger partial charge in [-0.3, -0.25) is 9.69 Å². The number of anilines is 1. The summed E-state index contributed by atoms with van der Waals surface area (Å²) in [6, 6.07) is 16.4. The minimum atomic E-state index is 0.0739. The summed E-state index contributed by atoms with van der Waals surface area (Å²) in [5.74, 6) is 0.645. The molecular formula is C22H25N3O. The lowest BCUT2D eigenvalue weighted by Crippen LogP contribution is -2.38. The highest BCUT2D eigenvalue weighted by Crippen LogP contribution is 2.33. The molecule has 1 aliphatic heterocycles. The number of nitrogens with zero attached hydrogens (tertiary/aromatic N) is 1. The van der Waals surface area contributed by atoms with Crippen LogP contribution >= 0.6 is 0 Å². The third-order valence-corrected chi connectivity index (χ3v) is 5.44. The van der Waals surface area contributed by atoms with Gasteiger partial charge in [0.2, 0.25) is 5.91 Å². The lowest BCUT2D eigenvalue weighted by atomic mass is 9.89. The number of rotatable bonds is 4. The maximum atomic E-state index is 12.4. The summed E-state index contributed by atoms with van der Waals surface area (Å²) in [7, 11) is 0. The summed E-state index contributed by atoms with van der Waals surface area (Å²) in [4.78, 5) is 18.0. The Bertz CT molecular complexity index is 906. The van der Waals surface area contributed by atoms with Crippen molar-refractivity contribution in [3.05, 3.63) is 65.9 Å². The van der Waals surface area contributed by atoms with E-state index in [4.69, 9.17) is 0 Å². The summed E-state index contributed by atoms with van der Waals surface area (Å²) in [5.41, 5.74) is 4.64. The van der Waals surface area contributed by atoms with Gasteiger partial charge < -0.3 is 10.3 Å². The number of fused-ring (bicyclic) bond motifs is 1. The van der Waals surface area contributed by atoms with Crippen LogP contribution in [-0.4, -0.2) is 35.4 Å². The quantitative estimate of drug-likeness (QED) is 0.739. The molecule has 2 N–H and O–H groups in total. The second-order valence-electron chi connectivity index (χ2n) is 7.20. The van der Waals surface area contributed by atoms with E-state index in [0.29, 0.717) is 12.5 Å². The normalized spacial score (nSPS) is 16.0. The van der Waals surface area contributed by atoms with Gasteiger partial charge in [-0.15, -0.1) is 0 Å². The van der Waals surface area contributed by atoms with Gasteiger partial charge in [-0.05, 0) is 62.0 Å². The van der Waals surface area contributed by atoms with Crippen molar-refractivity contribution in [1.29, 1.82) is 0 Å². The number of aromatic amines is 1. The first kappa shape index (κ1) is 16.9. The molecule has 2 heterocycles. The molecule has 0 bridgehead atoms. The molecule has 26 heavy (non-hydrogen) atoms. The fourth-order valence-corrected chi connectivity index (χ4v) is 3.94. The average Bonchev–Trinajstić information content (AvgIpc) is 3.08. The van der Waals surface area contributed by atoms with E-state index < -0.39 is 0 Å². The van der Waals surface area contributed by atoms with Crippen LogP contribution in [0.4, 0.5) is 5.69 Å². The topological polar surface area (TPSA) is 48.1 Å². The van der Waals surface area contributed by atoms with Crippen LogP contribution in [0.1, 0.15) is 29.9 Å². The molecule has 4 nitrogen and oxygen atoms in total. The number of aryl methyl sites for hydroxylation is 1. The molecule has 0 saturated carbocycles. The van der Waals surface area contributed by atoms with Crippen molar-refractivity contribution in [1.82, 2.24) is 9.88 Å². The van der Waals surface area contributed by atoms with Gasteiger partial charge in [0.05, 0.1) is 6.54 Å². The van der Waals surface area contributed by atoms with E-state index in [9.17, 15) is 4.79 Å². The molecule has 0 radical (unpaired) electrons. The van der Waals surface area contributed by atoms with E-state index in [1.165, 1.54) is 16.5 Å². The van der Waals surface area contributed by atoms with Crippen molar-refractivity contribution < 1.29 is 4.79 Å². The van der Waals surface area contributed by atoms with Crippen molar-refractivity contribution in [2.75, 3.05) is 25.0 Å². The molecule has 1 aliphatic rings. The average molecular weight is 347 g/mol. The number of aromatic nitrogens is 1. The van der Waals surface area contributed by atoms with Crippen molar-refractivity contribution in [2.24, 2.45) is 0 Å². The minimum absolute atomic E-state index is 0.0739. The summed E-state index contributed by atoms with van der Waals surface area (Å²) >= 11 is 0. The molecule has 4 rings (SSSR count). The van der Waals surface area contributed by atoms with Gasteiger partial charge in [-0.25, -0.2) is 0 Å². The number of hydrogen-bond acceptors (Lipinski definition) is 2. The van der Waals surface area contributed by atoms with Gasteiger partial charge >= 0.3 is 0 Å². The van der Waals surface area contributed by atoms with Crippen molar-refractivity contribution >= 4 is 22.5 Å². The molecule has 0 unspecified atom stereocenters. The van der Waals surface area contributed by atoms with Crippen LogP contribution in [0.2, 0.25) is 0 Å². The molecule has 1 aromatic heterocycles. The number of para-hydroxylation sites is 2. The van der Waals surface area contributed by atoms with Crippen LogP contribution in [-0.2, 0) is 4.79 Å². The van der Waals surface area contributed by atoms with Crippen LogP contribution in [0.5, 0.6) is 0 Å². The molecule has 0 spiro atoms. The van der Waals surface area contributed by atoms with E-state index in [0.717, 1.165) is 37.2 Å². The third-order valence-electron chi connectivity index (χ3n) is 5.44. The van der Waals surface area contributed by atoms with Gasteiger partial charge in [-0.1, -0.05) is 36.4 Å². The minimum Gasteiger partial charge on any atom is -0.361 e. The number of carbonyl (C=O) groups excluding carboxylic acids is 1. The van der Waals surface area contributed by atoms with E-state index in [2.05, 4.69) is 45.7 Å². The van der Waals surface area contributed by atoms with E-state index >= 15 is 0 Å². The fourth-order valence-electron chi connectivity index (χ4n) is 3.94. The molecule has 4 heteroatoms. The van der Waals surface area contributed by atoms with Crippen LogP contribution in [0.15, 0.2) is 54.7 Å². The highest BCUT2D eigenvalue weighted by Gasteiger charge is 2.23. The molecule has 3 aromatic rings. The number of amides is 1. The number of likely N-dealkylation sites (tertiary alicyclic amines) is 1. The van der Waals surface area contributed by atoms with Crippen LogP contribution in [0.25, 0.3) is 10.9 Å².